The Morgan fingerprint density at radius 2 is 2.65 bits per heavy atom. The summed E-state index contributed by atoms with van der Waals surface area (Å²) in [5.74, 6) is -3.37. The molecule has 0 spiro atoms. The van der Waals surface area contributed by atoms with Crippen molar-refractivity contribution in [3.8, 4) is 0 Å². The molecule has 23 heavy (non-hydrogen) atoms. The van der Waals surface area contributed by atoms with Gasteiger partial charge in [-0.15, -0.1) is 0 Å². The van der Waals surface area contributed by atoms with Crippen LogP contribution in [0.2, 0.25) is 0 Å². The van der Waals surface area contributed by atoms with E-state index < -0.39 is 62.9 Å². The Morgan fingerprint density at radius 1 is 1.78 bits per heavy atom. The maximum Gasteiger partial charge on any atom is 0.302 e. The third kappa shape index (κ3) is 2.84. The number of amides is 1. The molecule has 0 radical (unpaired) electrons. The Hall–Kier alpha value is -2.62. The van der Waals surface area contributed by atoms with Gasteiger partial charge in [0.05, 0.1) is 15.5 Å². The third-order valence-electron chi connectivity index (χ3n) is 3.44. The van der Waals surface area contributed by atoms with Gasteiger partial charge in [0.25, 0.3) is 6.50 Å². The summed E-state index contributed by atoms with van der Waals surface area (Å²) in [6.07, 6.45) is -0.0420. The van der Waals surface area contributed by atoms with Crippen LogP contribution in [0.3, 0.4) is 0 Å². The van der Waals surface area contributed by atoms with Gasteiger partial charge in [-0.2, -0.15) is 0 Å². The zero-order chi connectivity index (χ0) is 26.0. The summed E-state index contributed by atoms with van der Waals surface area (Å²) in [6.45, 7) is -4.08. The number of hydrogen-bond donors (Lipinski definition) is 1. The number of piperidine rings is 1. The quantitative estimate of drug-likeness (QED) is 0.870. The minimum atomic E-state index is -3.30. The molecule has 3 rings (SSSR count). The topological polar surface area (TPSA) is 69.5 Å². The first-order chi connectivity index (χ1) is 15.4. The van der Waals surface area contributed by atoms with Crippen LogP contribution < -0.4 is 4.90 Å². The van der Waals surface area contributed by atoms with Crippen LogP contribution in [0.25, 0.3) is 15.9 Å². The summed E-state index contributed by atoms with van der Waals surface area (Å²) in [5, 5.41) is -0.127. The van der Waals surface area contributed by atoms with E-state index in [1.54, 1.807) is 0 Å². The van der Waals surface area contributed by atoms with Gasteiger partial charge >= 0.3 is 5.91 Å². The van der Waals surface area contributed by atoms with Gasteiger partial charge < -0.3 is 19.6 Å². The molecule has 7 heteroatoms. The first-order valence-electron chi connectivity index (χ1n) is 12.2. The highest BCUT2D eigenvalue weighted by Gasteiger charge is 2.33. The van der Waals surface area contributed by atoms with Crippen molar-refractivity contribution in [2.24, 2.45) is 5.92 Å². The minimum Gasteiger partial charge on any atom is -0.354 e. The summed E-state index contributed by atoms with van der Waals surface area (Å²) in [7, 11) is 0. The van der Waals surface area contributed by atoms with Crippen molar-refractivity contribution in [3.05, 3.63) is 30.0 Å². The molecule has 1 fully saturated rings. The molecule has 1 aliphatic rings. The van der Waals surface area contributed by atoms with Crippen LogP contribution in [0.5, 0.6) is 0 Å². The first kappa shape index (κ1) is 6.87. The number of aromatic amines is 1. The van der Waals surface area contributed by atoms with Crippen molar-refractivity contribution in [2.45, 2.75) is 19.4 Å². The number of nitrogens with one attached hydrogen (secondary N) is 1. The molecule has 0 bridgehead atoms. The highest BCUT2D eigenvalue weighted by molar-refractivity contribution is 5.87. The van der Waals surface area contributed by atoms with Crippen LogP contribution in [0.4, 0.5) is 5.82 Å². The van der Waals surface area contributed by atoms with Crippen molar-refractivity contribution in [2.75, 3.05) is 31.4 Å². The number of carbonyl (C=O) groups excluding carboxylic acids is 1. The van der Waals surface area contributed by atoms with Crippen LogP contribution >= 0.6 is 0 Å². The van der Waals surface area contributed by atoms with Gasteiger partial charge in [-0.3, -0.25) is 4.79 Å². The molecular formula is C16H20N6O. The molecular weight excluding hydrogens is 292 g/mol. The number of nitrogens with zero attached hydrogens (tertiary/aromatic N) is 5. The predicted molar refractivity (Wildman–Crippen MR) is 87.9 cm³/mol. The molecule has 120 valence electrons. The maximum atomic E-state index is 12.8. The second kappa shape index (κ2) is 6.24. The lowest BCUT2D eigenvalue weighted by Gasteiger charge is -2.41. The van der Waals surface area contributed by atoms with Gasteiger partial charge in [0.2, 0.25) is 0 Å². The fourth-order valence-corrected chi connectivity index (χ4v) is 2.25. The minimum absolute atomic E-state index is 0.0501. The molecule has 2 aromatic heterocycles. The van der Waals surface area contributed by atoms with Gasteiger partial charge in [0.1, 0.15) is 21.9 Å². The van der Waals surface area contributed by atoms with Crippen molar-refractivity contribution in [1.82, 2.24) is 19.9 Å². The van der Waals surface area contributed by atoms with Crippen LogP contribution in [-0.2, 0) is 4.79 Å². The number of likely N-dealkylation sites (tertiary alicyclic amines) is 1. The van der Waals surface area contributed by atoms with Crippen molar-refractivity contribution < 1.29 is 19.9 Å². The number of likely N-dealkylation sites (N-methyl/N-ethyl adjacent to an activating group) is 1. The summed E-state index contributed by atoms with van der Waals surface area (Å²) in [6, 6.07) is -2.07. The summed E-state index contributed by atoms with van der Waals surface area (Å²) in [4.78, 5) is 26.1. The Morgan fingerprint density at radius 3 is 3.43 bits per heavy atom. The molecule has 0 unspecified atom stereocenters. The largest absolute Gasteiger partial charge is 0.354 e. The zero-order valence-electron chi connectivity index (χ0n) is 23.1. The average Bonchev–Trinajstić information content (AvgIpc) is 3.02. The van der Waals surface area contributed by atoms with Crippen LogP contribution in [0.1, 0.15) is 28.4 Å². The Balaban J connectivity index is 2.31. The highest BCUT2D eigenvalue weighted by Crippen LogP contribution is 2.28. The van der Waals surface area contributed by atoms with E-state index >= 15 is 0 Å². The standard InChI is InChI=1S/C16H20N6O/c1-11-5-7-22(14(23)8-17-2)9-13(11)21(3)16-12-4-6-18-15(12)19-10-20-16/h4,6,10-11,13H,5,7-9H2,1,3H3,(H,18,19,20)/t11-,13+/m1/s1/i3D3,4D,7D2,8D2,9D2,10D. The molecule has 0 aromatic carbocycles. The molecule has 1 amide bonds. The first-order valence-corrected chi connectivity index (χ1v) is 6.71. The Labute approximate surface area is 150 Å². The third-order valence-corrected chi connectivity index (χ3v) is 3.44. The van der Waals surface area contributed by atoms with Gasteiger partial charge in [0, 0.05) is 33.0 Å². The van der Waals surface area contributed by atoms with Crippen molar-refractivity contribution >= 4 is 22.8 Å². The fraction of sp³-hybridized carbons (Fsp3) is 0.500. The fourth-order valence-electron chi connectivity index (χ4n) is 2.25. The maximum absolute atomic E-state index is 12.8. The van der Waals surface area contributed by atoms with Crippen LogP contribution in [-0.4, -0.2) is 58.3 Å². The number of H-pyrrole nitrogens is 1. The Kier molecular flexibility index (Phi) is 1.87. The molecule has 2 aromatic rings. The number of carbonyl (C=O) groups is 1. The number of fused-ring (bicyclic) bond motifs is 1. The molecule has 0 saturated carbocycles. The van der Waals surface area contributed by atoms with Gasteiger partial charge in [0.15, 0.2) is 0 Å². The monoisotopic (exact) mass is 323 g/mol. The number of hydrogen-bond acceptors (Lipinski definition) is 4. The molecule has 1 N–H and O–H groups in total. The van der Waals surface area contributed by atoms with Crippen molar-refractivity contribution in [3.63, 3.8) is 0 Å². The zero-order valence-corrected chi connectivity index (χ0v) is 12.1. The molecule has 3 heterocycles. The molecule has 1 saturated heterocycles. The smallest absolute Gasteiger partial charge is 0.302 e. The van der Waals surface area contributed by atoms with E-state index in [1.807, 2.05) is 0 Å². The average molecular weight is 323 g/mol. The molecule has 7 nitrogen and oxygen atoms in total. The van der Waals surface area contributed by atoms with E-state index in [-0.39, 0.29) is 22.0 Å². The number of aromatic nitrogens is 3. The summed E-state index contributed by atoms with van der Waals surface area (Å²) in [5.41, 5.74) is -0.0501. The van der Waals surface area contributed by atoms with Gasteiger partial charge in [-0.05, 0) is 18.4 Å². The number of anilines is 1. The lowest BCUT2D eigenvalue weighted by atomic mass is 9.92. The van der Waals surface area contributed by atoms with E-state index in [1.165, 1.54) is 13.1 Å². The van der Waals surface area contributed by atoms with E-state index in [0.717, 1.165) is 0 Å². The van der Waals surface area contributed by atoms with E-state index in [0.29, 0.717) is 4.90 Å². The van der Waals surface area contributed by atoms with Crippen LogP contribution in [0, 0.1) is 12.5 Å². The van der Waals surface area contributed by atoms with Crippen molar-refractivity contribution in [1.29, 1.82) is 0 Å². The van der Waals surface area contributed by atoms with E-state index in [2.05, 4.69) is 19.8 Å². The molecule has 0 aliphatic carbocycles. The molecule has 2 atom stereocenters. The lowest BCUT2D eigenvalue weighted by Crippen LogP contribution is -2.53. The summed E-state index contributed by atoms with van der Waals surface area (Å²) < 4.78 is 89.3. The normalized spacial score (nSPS) is 33.7. The highest BCUT2D eigenvalue weighted by atomic mass is 16.2. The van der Waals surface area contributed by atoms with Crippen LogP contribution in [0.15, 0.2) is 18.5 Å². The van der Waals surface area contributed by atoms with Gasteiger partial charge in [-0.25, -0.2) is 16.5 Å². The second-order valence-electron chi connectivity index (χ2n) is 4.95. The lowest BCUT2D eigenvalue weighted by molar-refractivity contribution is -0.130. The molecule has 1 aliphatic heterocycles. The Bertz CT molecular complexity index is 1170. The van der Waals surface area contributed by atoms with E-state index in [4.69, 9.17) is 21.7 Å². The summed E-state index contributed by atoms with van der Waals surface area (Å²) >= 11 is 0. The second-order valence-corrected chi connectivity index (χ2v) is 4.95. The van der Waals surface area contributed by atoms with E-state index in [9.17, 15) is 4.79 Å². The number of rotatable bonds is 3. The predicted octanol–water partition coefficient (Wildman–Crippen LogP) is 1.55. The van der Waals surface area contributed by atoms with Gasteiger partial charge in [-0.1, -0.05) is 6.92 Å². The SMILES string of the molecule is [2H]c1nc(N([C@@H]2[C@H](C)CC([2H])([2H])N(C(=O)C([2H])([2H])[N+]#[C-])C2([2H])[2H])C([2H])([2H])[2H])c2c([2H])c[nH]c2n1.